The van der Waals surface area contributed by atoms with E-state index in [1.807, 2.05) is 11.8 Å². The first-order chi connectivity index (χ1) is 7.24. The Morgan fingerprint density at radius 1 is 1.06 bits per heavy atom. The van der Waals surface area contributed by atoms with Gasteiger partial charge in [-0.05, 0) is 51.4 Å². The predicted octanol–water partition coefficient (Wildman–Crippen LogP) is 3.61. The third-order valence-corrected chi connectivity index (χ3v) is 4.53. The molecule has 1 fully saturated rings. The van der Waals surface area contributed by atoms with Crippen LogP contribution in [-0.2, 0) is 9.31 Å². The fourth-order valence-electron chi connectivity index (χ4n) is 1.65. The Hall–Kier alpha value is 0.335. The van der Waals surface area contributed by atoms with Crippen LogP contribution in [0.4, 0.5) is 0 Å². The zero-order valence-corrected chi connectivity index (χ0v) is 12.3. The predicted molar refractivity (Wildman–Crippen MR) is 73.1 cm³/mol. The van der Waals surface area contributed by atoms with E-state index in [2.05, 4.69) is 41.5 Å². The van der Waals surface area contributed by atoms with Gasteiger partial charge in [0, 0.05) is 0 Å². The molecule has 0 spiro atoms. The van der Waals surface area contributed by atoms with Crippen LogP contribution in [0.3, 0.4) is 0 Å². The standard InChI is InChI=1S/C12H25BO2S/c1-10(2)16-9-7-8-13-14-11(3,4)12(5,6)15-13/h10H,7-9H2,1-6H3. The largest absolute Gasteiger partial charge is 0.457 e. The van der Waals surface area contributed by atoms with Crippen LogP contribution in [0.5, 0.6) is 0 Å². The highest BCUT2D eigenvalue weighted by Gasteiger charge is 2.50. The maximum atomic E-state index is 5.94. The number of hydrogen-bond acceptors (Lipinski definition) is 3. The monoisotopic (exact) mass is 244 g/mol. The van der Waals surface area contributed by atoms with E-state index in [1.165, 1.54) is 12.2 Å². The second-order valence-corrected chi connectivity index (χ2v) is 7.43. The minimum atomic E-state index is -0.178. The minimum Gasteiger partial charge on any atom is -0.403 e. The average molecular weight is 244 g/mol. The third kappa shape index (κ3) is 3.68. The van der Waals surface area contributed by atoms with E-state index in [9.17, 15) is 0 Å². The summed E-state index contributed by atoms with van der Waals surface area (Å²) in [6, 6.07) is 0. The summed E-state index contributed by atoms with van der Waals surface area (Å²) in [6.07, 6.45) is 2.17. The number of rotatable bonds is 5. The van der Waals surface area contributed by atoms with Gasteiger partial charge in [0.05, 0.1) is 11.2 Å². The average Bonchev–Trinajstić information content (AvgIpc) is 2.29. The fourth-order valence-corrected chi connectivity index (χ4v) is 2.46. The topological polar surface area (TPSA) is 18.5 Å². The number of thioether (sulfide) groups is 1. The van der Waals surface area contributed by atoms with Crippen LogP contribution >= 0.6 is 11.8 Å². The molecule has 1 heterocycles. The van der Waals surface area contributed by atoms with E-state index in [4.69, 9.17) is 9.31 Å². The van der Waals surface area contributed by atoms with Crippen LogP contribution in [0.2, 0.25) is 6.32 Å². The Kier molecular flexibility index (Phi) is 4.79. The van der Waals surface area contributed by atoms with Crippen LogP contribution < -0.4 is 0 Å². The van der Waals surface area contributed by atoms with Gasteiger partial charge in [0.2, 0.25) is 0 Å². The minimum absolute atomic E-state index is 0.0160. The summed E-state index contributed by atoms with van der Waals surface area (Å²) in [5.74, 6) is 1.20. The Bertz CT molecular complexity index is 213. The van der Waals surface area contributed by atoms with Crippen molar-refractivity contribution in [3.05, 3.63) is 0 Å². The highest BCUT2D eigenvalue weighted by Crippen LogP contribution is 2.38. The van der Waals surface area contributed by atoms with Crippen molar-refractivity contribution >= 4 is 18.9 Å². The van der Waals surface area contributed by atoms with Crippen LogP contribution in [0, 0.1) is 0 Å². The van der Waals surface area contributed by atoms with Crippen LogP contribution in [0.15, 0.2) is 0 Å². The molecule has 1 aliphatic rings. The Balaban J connectivity index is 2.26. The lowest BCUT2D eigenvalue weighted by atomic mass is 9.83. The lowest BCUT2D eigenvalue weighted by molar-refractivity contribution is 0.00578. The SMILES string of the molecule is CC(C)SCCCB1OC(C)(C)C(C)(C)O1. The Morgan fingerprint density at radius 3 is 2.00 bits per heavy atom. The van der Waals surface area contributed by atoms with E-state index in [1.54, 1.807) is 0 Å². The van der Waals surface area contributed by atoms with Gasteiger partial charge < -0.3 is 9.31 Å². The molecule has 0 radical (unpaired) electrons. The van der Waals surface area contributed by atoms with Gasteiger partial charge in [-0.1, -0.05) is 13.8 Å². The highest BCUT2D eigenvalue weighted by atomic mass is 32.2. The zero-order valence-electron chi connectivity index (χ0n) is 11.5. The quantitative estimate of drug-likeness (QED) is 0.543. The van der Waals surface area contributed by atoms with Gasteiger partial charge in [0.25, 0.3) is 0 Å². The molecule has 1 aliphatic heterocycles. The van der Waals surface area contributed by atoms with Crippen molar-refractivity contribution in [2.45, 2.75) is 70.7 Å². The highest BCUT2D eigenvalue weighted by molar-refractivity contribution is 7.99. The van der Waals surface area contributed by atoms with Crippen LogP contribution in [0.1, 0.15) is 48.0 Å². The van der Waals surface area contributed by atoms with Crippen molar-refractivity contribution in [3.63, 3.8) is 0 Å². The summed E-state index contributed by atoms with van der Waals surface area (Å²) < 4.78 is 11.9. The fraction of sp³-hybridized carbons (Fsp3) is 1.00. The molecule has 2 nitrogen and oxygen atoms in total. The van der Waals surface area contributed by atoms with Gasteiger partial charge in [-0.15, -0.1) is 0 Å². The maximum Gasteiger partial charge on any atom is 0.457 e. The summed E-state index contributed by atoms with van der Waals surface area (Å²) >= 11 is 2.00. The van der Waals surface area contributed by atoms with Gasteiger partial charge in [0.15, 0.2) is 0 Å². The molecular weight excluding hydrogens is 219 g/mol. The molecule has 0 aromatic rings. The molecule has 0 aliphatic carbocycles. The van der Waals surface area contributed by atoms with Gasteiger partial charge in [-0.3, -0.25) is 0 Å². The summed E-state index contributed by atoms with van der Waals surface area (Å²) in [4.78, 5) is 0. The molecule has 16 heavy (non-hydrogen) atoms. The summed E-state index contributed by atoms with van der Waals surface area (Å²) in [5.41, 5.74) is -0.355. The van der Waals surface area contributed by atoms with Crippen molar-refractivity contribution in [1.29, 1.82) is 0 Å². The maximum absolute atomic E-state index is 5.94. The first-order valence-electron chi connectivity index (χ1n) is 6.22. The van der Waals surface area contributed by atoms with E-state index >= 15 is 0 Å². The normalized spacial score (nSPS) is 23.1. The van der Waals surface area contributed by atoms with Crippen molar-refractivity contribution in [3.8, 4) is 0 Å². The molecule has 94 valence electrons. The molecule has 1 saturated heterocycles. The molecule has 0 saturated carbocycles. The van der Waals surface area contributed by atoms with E-state index < -0.39 is 0 Å². The molecule has 0 N–H and O–H groups in total. The van der Waals surface area contributed by atoms with Crippen LogP contribution in [-0.4, -0.2) is 29.3 Å². The second kappa shape index (κ2) is 5.32. The van der Waals surface area contributed by atoms with E-state index in [0.29, 0.717) is 0 Å². The zero-order chi connectivity index (χ0) is 12.4. The van der Waals surface area contributed by atoms with E-state index in [-0.39, 0.29) is 18.3 Å². The van der Waals surface area contributed by atoms with Crippen molar-refractivity contribution in [2.75, 3.05) is 5.75 Å². The molecule has 0 aromatic heterocycles. The van der Waals surface area contributed by atoms with Crippen molar-refractivity contribution in [2.24, 2.45) is 0 Å². The van der Waals surface area contributed by atoms with Gasteiger partial charge in [0.1, 0.15) is 0 Å². The molecule has 0 bridgehead atoms. The first kappa shape index (κ1) is 14.4. The molecule has 0 amide bonds. The Labute approximate surface area is 105 Å². The molecule has 4 heteroatoms. The van der Waals surface area contributed by atoms with Gasteiger partial charge >= 0.3 is 7.12 Å². The second-order valence-electron chi connectivity index (χ2n) is 5.75. The first-order valence-corrected chi connectivity index (χ1v) is 7.27. The lowest BCUT2D eigenvalue weighted by Crippen LogP contribution is -2.41. The van der Waals surface area contributed by atoms with E-state index in [0.717, 1.165) is 11.6 Å². The molecule has 0 aromatic carbocycles. The Morgan fingerprint density at radius 2 is 1.56 bits per heavy atom. The molecule has 0 unspecified atom stereocenters. The summed E-state index contributed by atoms with van der Waals surface area (Å²) in [6.45, 7) is 12.9. The smallest absolute Gasteiger partial charge is 0.403 e. The third-order valence-electron chi connectivity index (χ3n) is 3.34. The molecular formula is C12H25BO2S. The summed E-state index contributed by atoms with van der Waals surface area (Å²) in [5, 5.41) is 0.721. The lowest BCUT2D eigenvalue weighted by Gasteiger charge is -2.32. The number of hydrogen-bond donors (Lipinski definition) is 0. The van der Waals surface area contributed by atoms with Gasteiger partial charge in [-0.25, -0.2) is 0 Å². The molecule has 0 atom stereocenters. The summed E-state index contributed by atoms with van der Waals surface area (Å²) in [7, 11) is -0.0160. The molecule has 1 rings (SSSR count). The van der Waals surface area contributed by atoms with Crippen molar-refractivity contribution < 1.29 is 9.31 Å². The van der Waals surface area contributed by atoms with Crippen molar-refractivity contribution in [1.82, 2.24) is 0 Å². The van der Waals surface area contributed by atoms with Gasteiger partial charge in [-0.2, -0.15) is 11.8 Å². The van der Waals surface area contributed by atoms with Crippen LogP contribution in [0.25, 0.3) is 0 Å².